The highest BCUT2D eigenvalue weighted by atomic mass is 32.2. The molecule has 0 heterocycles. The second-order valence-electron chi connectivity index (χ2n) is 5.36. The van der Waals surface area contributed by atoms with Crippen molar-refractivity contribution in [1.29, 1.82) is 0 Å². The van der Waals surface area contributed by atoms with Gasteiger partial charge >= 0.3 is 0 Å². The van der Waals surface area contributed by atoms with Crippen LogP contribution in [0.1, 0.15) is 70.8 Å². The van der Waals surface area contributed by atoms with E-state index in [0.717, 1.165) is 0 Å². The smallest absolute Gasteiger partial charge is 0.00721 e. The number of aryl methyl sites for hydroxylation is 1. The second kappa shape index (κ2) is 11.4. The van der Waals surface area contributed by atoms with E-state index in [1.54, 1.807) is 0 Å². The second-order valence-corrected chi connectivity index (χ2v) is 6.53. The minimum absolute atomic E-state index is 1.25. The van der Waals surface area contributed by atoms with E-state index in [9.17, 15) is 0 Å². The molecule has 0 aliphatic rings. The van der Waals surface area contributed by atoms with Crippen LogP contribution in [0.25, 0.3) is 0 Å². The Morgan fingerprint density at radius 2 is 1.37 bits per heavy atom. The summed E-state index contributed by atoms with van der Waals surface area (Å²) >= 11 is 2.01. The third-order valence-corrected chi connectivity index (χ3v) is 4.61. The van der Waals surface area contributed by atoms with Crippen LogP contribution >= 0.6 is 11.8 Å². The minimum Gasteiger partial charge on any atom is -0.126 e. The fourth-order valence-corrected chi connectivity index (χ4v) is 3.14. The quantitative estimate of drug-likeness (QED) is 0.329. The molecule has 0 atom stereocenters. The molecule has 1 aromatic carbocycles. The molecule has 0 nitrogen and oxygen atoms in total. The molecule has 0 fully saturated rings. The number of unbranched alkanes of at least 4 members (excludes halogenated alkanes) is 6. The van der Waals surface area contributed by atoms with Gasteiger partial charge < -0.3 is 0 Å². The molecular weight excluding hydrogens is 248 g/mol. The van der Waals surface area contributed by atoms with Crippen LogP contribution in [0, 0.1) is 0 Å². The Hall–Kier alpha value is -0.430. The fraction of sp³-hybridized carbons (Fsp3) is 0.667. The number of rotatable bonds is 11. The van der Waals surface area contributed by atoms with Crippen LogP contribution in [0.4, 0.5) is 0 Å². The maximum Gasteiger partial charge on any atom is 0.00721 e. The van der Waals surface area contributed by atoms with Crippen LogP contribution in [0.2, 0.25) is 0 Å². The number of thioether (sulfide) groups is 1. The summed E-state index contributed by atoms with van der Waals surface area (Å²) in [6.45, 7) is 4.54. The van der Waals surface area contributed by atoms with Crippen molar-refractivity contribution in [3.05, 3.63) is 29.8 Å². The van der Waals surface area contributed by atoms with E-state index in [-0.39, 0.29) is 0 Å². The molecule has 0 amide bonds. The number of hydrogen-bond donors (Lipinski definition) is 0. The Kier molecular flexibility index (Phi) is 9.98. The Morgan fingerprint density at radius 1 is 0.737 bits per heavy atom. The lowest BCUT2D eigenvalue weighted by Crippen LogP contribution is -1.86. The maximum atomic E-state index is 2.32. The van der Waals surface area contributed by atoms with E-state index in [0.29, 0.717) is 0 Å². The summed E-state index contributed by atoms with van der Waals surface area (Å²) in [6.07, 6.45) is 12.1. The van der Waals surface area contributed by atoms with E-state index in [1.807, 2.05) is 11.8 Å². The molecule has 0 N–H and O–H groups in total. The third-order valence-electron chi connectivity index (χ3n) is 3.51. The highest BCUT2D eigenvalue weighted by Gasteiger charge is 1.97. The van der Waals surface area contributed by atoms with Gasteiger partial charge in [0.1, 0.15) is 0 Å². The van der Waals surface area contributed by atoms with Crippen LogP contribution in [-0.4, -0.2) is 5.75 Å². The molecule has 108 valence electrons. The summed E-state index contributed by atoms with van der Waals surface area (Å²) in [5, 5.41) is 0. The van der Waals surface area contributed by atoms with Crippen LogP contribution in [0.5, 0.6) is 0 Å². The highest BCUT2D eigenvalue weighted by molar-refractivity contribution is 7.99. The average Bonchev–Trinajstić information content (AvgIpc) is 2.45. The minimum atomic E-state index is 1.25. The summed E-state index contributed by atoms with van der Waals surface area (Å²) < 4.78 is 0. The zero-order chi connectivity index (χ0) is 13.8. The summed E-state index contributed by atoms with van der Waals surface area (Å²) in [5.41, 5.74) is 1.51. The molecule has 0 saturated carbocycles. The largest absolute Gasteiger partial charge is 0.126 e. The molecule has 1 aromatic rings. The molecule has 0 aromatic heterocycles. The zero-order valence-corrected chi connectivity index (χ0v) is 13.6. The van der Waals surface area contributed by atoms with Crippen molar-refractivity contribution < 1.29 is 0 Å². The van der Waals surface area contributed by atoms with Gasteiger partial charge in [0.2, 0.25) is 0 Å². The van der Waals surface area contributed by atoms with Crippen LogP contribution < -0.4 is 0 Å². The zero-order valence-electron chi connectivity index (χ0n) is 12.8. The Bertz CT molecular complexity index is 302. The van der Waals surface area contributed by atoms with Crippen molar-refractivity contribution in [1.82, 2.24) is 0 Å². The SMILES string of the molecule is CCCCCCSc1ccc(CCCCCC)cc1. The topological polar surface area (TPSA) is 0 Å². The molecule has 1 rings (SSSR count). The van der Waals surface area contributed by atoms with Crippen molar-refractivity contribution in [2.75, 3.05) is 5.75 Å². The molecule has 1 heteroatoms. The predicted molar refractivity (Wildman–Crippen MR) is 89.2 cm³/mol. The van der Waals surface area contributed by atoms with E-state index < -0.39 is 0 Å². The van der Waals surface area contributed by atoms with E-state index in [2.05, 4.69) is 38.1 Å². The molecule has 19 heavy (non-hydrogen) atoms. The average molecular weight is 279 g/mol. The molecule has 0 aliphatic carbocycles. The lowest BCUT2D eigenvalue weighted by atomic mass is 10.1. The van der Waals surface area contributed by atoms with Crippen molar-refractivity contribution in [3.63, 3.8) is 0 Å². The van der Waals surface area contributed by atoms with Gasteiger partial charge in [-0.05, 0) is 42.7 Å². The lowest BCUT2D eigenvalue weighted by molar-refractivity contribution is 0.666. The van der Waals surface area contributed by atoms with Gasteiger partial charge in [0.25, 0.3) is 0 Å². The highest BCUT2D eigenvalue weighted by Crippen LogP contribution is 2.21. The monoisotopic (exact) mass is 278 g/mol. The van der Waals surface area contributed by atoms with E-state index in [1.165, 1.54) is 74.0 Å². The molecular formula is C18H30S. The first kappa shape index (κ1) is 16.6. The molecule has 0 spiro atoms. The van der Waals surface area contributed by atoms with Crippen LogP contribution in [-0.2, 0) is 6.42 Å². The Labute approximate surface area is 124 Å². The van der Waals surface area contributed by atoms with E-state index in [4.69, 9.17) is 0 Å². The molecule has 0 unspecified atom stereocenters. The fourth-order valence-electron chi connectivity index (χ4n) is 2.23. The normalized spacial score (nSPS) is 10.8. The number of hydrogen-bond acceptors (Lipinski definition) is 1. The van der Waals surface area contributed by atoms with Crippen LogP contribution in [0.15, 0.2) is 29.2 Å². The number of benzene rings is 1. The van der Waals surface area contributed by atoms with Crippen molar-refractivity contribution in [2.24, 2.45) is 0 Å². The first-order valence-corrected chi connectivity index (χ1v) is 9.07. The summed E-state index contributed by atoms with van der Waals surface area (Å²) in [4.78, 5) is 1.44. The van der Waals surface area contributed by atoms with Crippen LogP contribution in [0.3, 0.4) is 0 Å². The van der Waals surface area contributed by atoms with Gasteiger partial charge in [-0.1, -0.05) is 64.5 Å². The van der Waals surface area contributed by atoms with Gasteiger partial charge in [-0.3, -0.25) is 0 Å². The van der Waals surface area contributed by atoms with Gasteiger partial charge in [-0.25, -0.2) is 0 Å². The van der Waals surface area contributed by atoms with E-state index >= 15 is 0 Å². The first-order chi connectivity index (χ1) is 9.36. The van der Waals surface area contributed by atoms with Gasteiger partial charge in [-0.15, -0.1) is 11.8 Å². The molecule has 0 bridgehead atoms. The Morgan fingerprint density at radius 3 is 2.00 bits per heavy atom. The lowest BCUT2D eigenvalue weighted by Gasteiger charge is -2.04. The molecule has 0 aliphatic heterocycles. The summed E-state index contributed by atoms with van der Waals surface area (Å²) in [7, 11) is 0. The predicted octanol–water partition coefficient (Wildman–Crippen LogP) is 6.48. The van der Waals surface area contributed by atoms with Gasteiger partial charge in [0, 0.05) is 4.90 Å². The first-order valence-electron chi connectivity index (χ1n) is 8.08. The third kappa shape index (κ3) is 8.36. The van der Waals surface area contributed by atoms with Crippen molar-refractivity contribution >= 4 is 11.8 Å². The molecule has 0 radical (unpaired) electrons. The van der Waals surface area contributed by atoms with Gasteiger partial charge in [0.05, 0.1) is 0 Å². The molecule has 0 saturated heterocycles. The maximum absolute atomic E-state index is 2.32. The van der Waals surface area contributed by atoms with Crippen molar-refractivity contribution in [3.8, 4) is 0 Å². The van der Waals surface area contributed by atoms with Gasteiger partial charge in [-0.2, -0.15) is 0 Å². The summed E-state index contributed by atoms with van der Waals surface area (Å²) in [5.74, 6) is 1.27. The Balaban J connectivity index is 2.16. The summed E-state index contributed by atoms with van der Waals surface area (Å²) in [6, 6.07) is 9.25. The van der Waals surface area contributed by atoms with Gasteiger partial charge in [0.15, 0.2) is 0 Å². The van der Waals surface area contributed by atoms with Crippen molar-refractivity contribution in [2.45, 2.75) is 76.5 Å². The standard InChI is InChI=1S/C18H30S/c1-3-5-7-9-11-17-12-14-18(15-13-17)19-16-10-8-6-4-2/h12-15H,3-11,16H2,1-2H3.